The van der Waals surface area contributed by atoms with Crippen molar-refractivity contribution in [2.45, 2.75) is 38.1 Å². The molecule has 1 aromatic heterocycles. The molecule has 3 rings (SSSR count). The number of fused-ring (bicyclic) bond motifs is 1. The van der Waals surface area contributed by atoms with Crippen LogP contribution in [0.5, 0.6) is 5.75 Å². The highest BCUT2D eigenvalue weighted by atomic mass is 32.2. The highest BCUT2D eigenvalue weighted by molar-refractivity contribution is 7.99. The topological polar surface area (TPSA) is 94.2 Å². The maximum atomic E-state index is 12.7. The van der Waals surface area contributed by atoms with Crippen molar-refractivity contribution in [1.29, 1.82) is 0 Å². The Morgan fingerprint density at radius 3 is 2.52 bits per heavy atom. The normalized spacial score (nSPS) is 12.6. The van der Waals surface area contributed by atoms with Crippen LogP contribution in [0.2, 0.25) is 0 Å². The molecule has 0 fully saturated rings. The molecule has 1 aliphatic rings. The number of rotatable bonds is 9. The van der Waals surface area contributed by atoms with Gasteiger partial charge in [-0.1, -0.05) is 0 Å². The first-order valence-corrected chi connectivity index (χ1v) is 12.6. The van der Waals surface area contributed by atoms with Crippen molar-refractivity contribution in [3.8, 4) is 5.75 Å². The molecule has 1 aliphatic heterocycles. The fourth-order valence-electron chi connectivity index (χ4n) is 3.40. The van der Waals surface area contributed by atoms with Crippen molar-refractivity contribution in [3.05, 3.63) is 40.3 Å². The number of thioether (sulfide) groups is 1. The number of methoxy groups -OCH3 is 1. The number of nitrogens with zero attached hydrogens (tertiary/aromatic N) is 1. The van der Waals surface area contributed by atoms with E-state index in [4.69, 9.17) is 14.2 Å². The average Bonchev–Trinajstić information content (AvgIpc) is 3.16. The summed E-state index contributed by atoms with van der Waals surface area (Å²) >= 11 is 2.88. The van der Waals surface area contributed by atoms with Crippen molar-refractivity contribution >= 4 is 46.1 Å². The first-order chi connectivity index (χ1) is 16.0. The van der Waals surface area contributed by atoms with E-state index in [1.54, 1.807) is 37.6 Å². The molecule has 1 aromatic carbocycles. The predicted octanol–water partition coefficient (Wildman–Crippen LogP) is 4.57. The molecule has 8 nitrogen and oxygen atoms in total. The fraction of sp³-hybridized carbons (Fsp3) is 0.435. The van der Waals surface area contributed by atoms with Gasteiger partial charge < -0.3 is 24.4 Å². The lowest BCUT2D eigenvalue weighted by Crippen LogP contribution is -2.36. The van der Waals surface area contributed by atoms with E-state index in [2.05, 4.69) is 5.32 Å². The first kappa shape index (κ1) is 24.9. The Morgan fingerprint density at radius 2 is 1.85 bits per heavy atom. The van der Waals surface area contributed by atoms with E-state index in [0.29, 0.717) is 42.4 Å². The minimum atomic E-state index is -0.456. The molecule has 0 atom stereocenters. The quantitative estimate of drug-likeness (QED) is 0.405. The number of benzene rings is 1. The predicted molar refractivity (Wildman–Crippen MR) is 128 cm³/mol. The molecule has 178 valence electrons. The number of carbonyl (C=O) groups excluding carboxylic acids is 3. The zero-order chi connectivity index (χ0) is 23.8. The summed E-state index contributed by atoms with van der Waals surface area (Å²) in [5.41, 5.74) is 1.23. The Morgan fingerprint density at radius 1 is 1.12 bits per heavy atom. The zero-order valence-corrected chi connectivity index (χ0v) is 20.6. The molecule has 0 unspecified atom stereocenters. The van der Waals surface area contributed by atoms with Crippen molar-refractivity contribution in [1.82, 2.24) is 4.90 Å². The van der Waals surface area contributed by atoms with Crippen molar-refractivity contribution in [3.63, 3.8) is 0 Å². The average molecular weight is 493 g/mol. The molecule has 1 N–H and O–H groups in total. The van der Waals surface area contributed by atoms with Crippen molar-refractivity contribution in [2.24, 2.45) is 0 Å². The molecular weight excluding hydrogens is 464 g/mol. The Bertz CT molecular complexity index is 990. The van der Waals surface area contributed by atoms with Gasteiger partial charge in [0.1, 0.15) is 10.8 Å². The molecule has 2 heterocycles. The van der Waals surface area contributed by atoms with Gasteiger partial charge in [0.25, 0.3) is 0 Å². The zero-order valence-electron chi connectivity index (χ0n) is 19.0. The van der Waals surface area contributed by atoms with Gasteiger partial charge in [-0.05, 0) is 50.1 Å². The molecule has 0 bridgehead atoms. The standard InChI is InChI=1S/C23H28N2O6S2/c1-4-30-22(27)20-17-10-12-25(23(28)31-5-2)14-18(17)33-21(20)24-19(26)11-13-32-16-8-6-15(29-3)7-9-16/h6-9H,4-5,10-14H2,1-3H3,(H,24,26). The summed E-state index contributed by atoms with van der Waals surface area (Å²) in [5, 5.41) is 3.37. The monoisotopic (exact) mass is 492 g/mol. The second kappa shape index (κ2) is 11.9. The Hall–Kier alpha value is -2.72. The summed E-state index contributed by atoms with van der Waals surface area (Å²) in [6, 6.07) is 7.65. The van der Waals surface area contributed by atoms with Crippen LogP contribution in [0.4, 0.5) is 9.80 Å². The minimum absolute atomic E-state index is 0.178. The van der Waals surface area contributed by atoms with Gasteiger partial charge in [-0.3, -0.25) is 4.79 Å². The van der Waals surface area contributed by atoms with Gasteiger partial charge in [-0.25, -0.2) is 9.59 Å². The summed E-state index contributed by atoms with van der Waals surface area (Å²) in [4.78, 5) is 40.9. The minimum Gasteiger partial charge on any atom is -0.497 e. The number of ether oxygens (including phenoxy) is 3. The molecule has 33 heavy (non-hydrogen) atoms. The smallest absolute Gasteiger partial charge is 0.410 e. The third-order valence-electron chi connectivity index (χ3n) is 4.97. The number of amides is 2. The van der Waals surface area contributed by atoms with Crippen LogP contribution in [0, 0.1) is 0 Å². The summed E-state index contributed by atoms with van der Waals surface area (Å²) in [7, 11) is 1.62. The SMILES string of the molecule is CCOC(=O)c1c(NC(=O)CCSc2ccc(OC)cc2)sc2c1CCN(C(=O)OCC)C2. The van der Waals surface area contributed by atoms with E-state index in [1.165, 1.54) is 11.3 Å². The van der Waals surface area contributed by atoms with Gasteiger partial charge in [0, 0.05) is 28.5 Å². The van der Waals surface area contributed by atoms with E-state index >= 15 is 0 Å². The largest absolute Gasteiger partial charge is 0.497 e. The molecule has 0 saturated heterocycles. The van der Waals surface area contributed by atoms with Gasteiger partial charge in [0.05, 0.1) is 32.4 Å². The third-order valence-corrected chi connectivity index (χ3v) is 7.12. The van der Waals surface area contributed by atoms with Gasteiger partial charge in [0.2, 0.25) is 5.91 Å². The lowest BCUT2D eigenvalue weighted by atomic mass is 10.0. The van der Waals surface area contributed by atoms with Crippen LogP contribution in [0.3, 0.4) is 0 Å². The number of nitrogens with one attached hydrogen (secondary N) is 1. The van der Waals surface area contributed by atoms with Crippen molar-refractivity contribution in [2.75, 3.05) is 37.9 Å². The Labute approximate surface area is 201 Å². The number of anilines is 1. The number of esters is 1. The van der Waals surface area contributed by atoms with Gasteiger partial charge >= 0.3 is 12.1 Å². The Balaban J connectivity index is 1.67. The van der Waals surface area contributed by atoms with Crippen LogP contribution in [0.25, 0.3) is 0 Å². The number of hydrogen-bond acceptors (Lipinski definition) is 8. The van der Waals surface area contributed by atoms with E-state index < -0.39 is 5.97 Å². The van der Waals surface area contributed by atoms with E-state index in [0.717, 1.165) is 21.1 Å². The van der Waals surface area contributed by atoms with Gasteiger partial charge in [-0.15, -0.1) is 23.1 Å². The molecular formula is C23H28N2O6S2. The van der Waals surface area contributed by atoms with Gasteiger partial charge in [-0.2, -0.15) is 0 Å². The molecule has 0 spiro atoms. The third kappa shape index (κ3) is 6.42. The fourth-order valence-corrected chi connectivity index (χ4v) is 5.52. The number of thiophene rings is 1. The molecule has 0 aliphatic carbocycles. The van der Waals surface area contributed by atoms with Crippen LogP contribution in [-0.2, 0) is 27.2 Å². The second-order valence-corrected chi connectivity index (χ2v) is 9.39. The maximum absolute atomic E-state index is 12.7. The molecule has 0 radical (unpaired) electrons. The van der Waals surface area contributed by atoms with Crippen LogP contribution >= 0.6 is 23.1 Å². The summed E-state index contributed by atoms with van der Waals surface area (Å²) in [6.07, 6.45) is 0.411. The molecule has 2 aromatic rings. The summed E-state index contributed by atoms with van der Waals surface area (Å²) in [5.74, 6) is 0.742. The van der Waals surface area contributed by atoms with Crippen LogP contribution < -0.4 is 10.1 Å². The van der Waals surface area contributed by atoms with E-state index in [-0.39, 0.29) is 25.0 Å². The molecule has 0 saturated carbocycles. The van der Waals surface area contributed by atoms with Crippen LogP contribution in [0.1, 0.15) is 41.1 Å². The van der Waals surface area contributed by atoms with Crippen molar-refractivity contribution < 1.29 is 28.6 Å². The highest BCUT2D eigenvalue weighted by Gasteiger charge is 2.31. The van der Waals surface area contributed by atoms with E-state index in [1.807, 2.05) is 24.3 Å². The Kier molecular flexibility index (Phi) is 9.02. The summed E-state index contributed by atoms with van der Waals surface area (Å²) < 4.78 is 15.5. The summed E-state index contributed by atoms with van der Waals surface area (Å²) in [6.45, 7) is 4.84. The van der Waals surface area contributed by atoms with Crippen LogP contribution in [0.15, 0.2) is 29.2 Å². The lowest BCUT2D eigenvalue weighted by molar-refractivity contribution is -0.115. The second-order valence-electron chi connectivity index (χ2n) is 7.12. The first-order valence-electron chi connectivity index (χ1n) is 10.8. The molecule has 2 amide bonds. The van der Waals surface area contributed by atoms with E-state index in [9.17, 15) is 14.4 Å². The lowest BCUT2D eigenvalue weighted by Gasteiger charge is -2.26. The number of hydrogen-bond donors (Lipinski definition) is 1. The maximum Gasteiger partial charge on any atom is 0.410 e. The van der Waals surface area contributed by atoms with Gasteiger partial charge in [0.15, 0.2) is 0 Å². The highest BCUT2D eigenvalue weighted by Crippen LogP contribution is 2.38. The van der Waals surface area contributed by atoms with Crippen LogP contribution in [-0.4, -0.2) is 55.5 Å². The molecule has 10 heteroatoms. The number of carbonyl (C=O) groups is 3.